The molecule has 22 heavy (non-hydrogen) atoms. The highest BCUT2D eigenvalue weighted by molar-refractivity contribution is 5.92. The summed E-state index contributed by atoms with van der Waals surface area (Å²) in [6.45, 7) is 1.55. The lowest BCUT2D eigenvalue weighted by atomic mass is 9.81. The summed E-state index contributed by atoms with van der Waals surface area (Å²) >= 11 is 0. The van der Waals surface area contributed by atoms with E-state index in [-0.39, 0.29) is 12.5 Å². The van der Waals surface area contributed by atoms with Gasteiger partial charge in [0.05, 0.1) is 12.5 Å². The number of carboxylic acids is 1. The van der Waals surface area contributed by atoms with E-state index in [1.165, 1.54) is 0 Å². The molecule has 2 atom stereocenters. The van der Waals surface area contributed by atoms with Gasteiger partial charge in [-0.15, -0.1) is 0 Å². The molecule has 1 amide bonds. The third-order valence-electron chi connectivity index (χ3n) is 4.79. The average Bonchev–Trinajstić information content (AvgIpc) is 3.13. The highest BCUT2D eigenvalue weighted by Crippen LogP contribution is 2.40. The Labute approximate surface area is 126 Å². The molecule has 0 spiro atoms. The van der Waals surface area contributed by atoms with Crippen LogP contribution in [0.4, 0.5) is 0 Å². The third kappa shape index (κ3) is 1.84. The van der Waals surface area contributed by atoms with Crippen LogP contribution >= 0.6 is 0 Å². The first-order chi connectivity index (χ1) is 10.6. The van der Waals surface area contributed by atoms with Gasteiger partial charge in [-0.05, 0) is 12.1 Å². The van der Waals surface area contributed by atoms with Crippen LogP contribution in [0.2, 0.25) is 0 Å². The number of para-hydroxylation sites is 1. The molecule has 0 aliphatic carbocycles. The van der Waals surface area contributed by atoms with Crippen LogP contribution in [0, 0.1) is 11.3 Å². The van der Waals surface area contributed by atoms with Gasteiger partial charge in [0, 0.05) is 25.0 Å². The highest BCUT2D eigenvalue weighted by Gasteiger charge is 2.59. The number of carbonyl (C=O) groups is 2. The molecule has 0 radical (unpaired) electrons. The highest BCUT2D eigenvalue weighted by atomic mass is 16.4. The molecule has 2 saturated heterocycles. The standard InChI is InChI=1S/C16H16N2O4/c19-14-12-7-18(9-16(12,8-17-14)15(20)21)6-11-5-10-3-1-2-4-13(10)22-11/h1-5,12H,6-9H2,(H,17,19)(H,20,21)/t12-,16+/m0/s1. The number of carbonyl (C=O) groups excluding carboxylic acids is 1. The maximum atomic E-state index is 11.9. The first kappa shape index (κ1) is 13.3. The number of rotatable bonds is 3. The van der Waals surface area contributed by atoms with Gasteiger partial charge in [-0.1, -0.05) is 18.2 Å². The van der Waals surface area contributed by atoms with Gasteiger partial charge in [-0.2, -0.15) is 0 Å². The van der Waals surface area contributed by atoms with Gasteiger partial charge in [-0.3, -0.25) is 14.5 Å². The summed E-state index contributed by atoms with van der Waals surface area (Å²) in [7, 11) is 0. The lowest BCUT2D eigenvalue weighted by Gasteiger charge is -2.21. The smallest absolute Gasteiger partial charge is 0.313 e. The predicted octanol–water partition coefficient (Wildman–Crippen LogP) is 1.07. The fraction of sp³-hybridized carbons (Fsp3) is 0.375. The molecule has 1 aromatic heterocycles. The Morgan fingerprint density at radius 3 is 3.00 bits per heavy atom. The van der Waals surface area contributed by atoms with Crippen LogP contribution in [0.3, 0.4) is 0 Å². The Morgan fingerprint density at radius 1 is 1.45 bits per heavy atom. The number of hydrogen-bond acceptors (Lipinski definition) is 4. The number of carboxylic acid groups (broad SMARTS) is 1. The van der Waals surface area contributed by atoms with Crippen LogP contribution in [0.5, 0.6) is 0 Å². The first-order valence-electron chi connectivity index (χ1n) is 7.29. The number of fused-ring (bicyclic) bond motifs is 2. The molecule has 114 valence electrons. The monoisotopic (exact) mass is 300 g/mol. The normalized spacial score (nSPS) is 28.0. The van der Waals surface area contributed by atoms with Gasteiger partial charge in [0.2, 0.25) is 5.91 Å². The summed E-state index contributed by atoms with van der Waals surface area (Å²) in [5.41, 5.74) is -0.175. The van der Waals surface area contributed by atoms with E-state index in [1.54, 1.807) is 0 Å². The summed E-state index contributed by atoms with van der Waals surface area (Å²) < 4.78 is 5.78. The van der Waals surface area contributed by atoms with Gasteiger partial charge in [0.1, 0.15) is 16.8 Å². The van der Waals surface area contributed by atoms with Crippen LogP contribution in [-0.2, 0) is 16.1 Å². The van der Waals surface area contributed by atoms with Crippen molar-refractivity contribution in [1.82, 2.24) is 10.2 Å². The van der Waals surface area contributed by atoms with E-state index < -0.39 is 17.3 Å². The number of benzene rings is 1. The quantitative estimate of drug-likeness (QED) is 0.886. The zero-order valence-corrected chi connectivity index (χ0v) is 11.9. The molecule has 4 rings (SSSR count). The van der Waals surface area contributed by atoms with Crippen LogP contribution in [0.15, 0.2) is 34.7 Å². The summed E-state index contributed by atoms with van der Waals surface area (Å²) in [6, 6.07) is 9.72. The van der Waals surface area contributed by atoms with E-state index in [0.717, 1.165) is 16.7 Å². The second-order valence-corrected chi connectivity index (χ2v) is 6.15. The van der Waals surface area contributed by atoms with Crippen molar-refractivity contribution in [3.8, 4) is 0 Å². The number of likely N-dealkylation sites (tertiary alicyclic amines) is 1. The topological polar surface area (TPSA) is 82.8 Å². The zero-order chi connectivity index (χ0) is 15.3. The number of aliphatic carboxylic acids is 1. The van der Waals surface area contributed by atoms with Crippen LogP contribution in [-0.4, -0.2) is 41.5 Å². The van der Waals surface area contributed by atoms with Gasteiger partial charge < -0.3 is 14.8 Å². The van der Waals surface area contributed by atoms with E-state index in [0.29, 0.717) is 19.6 Å². The molecule has 2 N–H and O–H groups in total. The van der Waals surface area contributed by atoms with Crippen LogP contribution in [0.1, 0.15) is 5.76 Å². The largest absolute Gasteiger partial charge is 0.481 e. The number of furan rings is 1. The molecule has 0 unspecified atom stereocenters. The SMILES string of the molecule is O=C1NC[C@@]2(C(=O)O)CN(Cc3cc4ccccc4o3)C[C@@H]12. The maximum Gasteiger partial charge on any atom is 0.313 e. The van der Waals surface area contributed by atoms with Crippen molar-refractivity contribution in [3.63, 3.8) is 0 Å². The number of nitrogens with one attached hydrogen (secondary N) is 1. The van der Waals surface area contributed by atoms with E-state index in [1.807, 2.05) is 35.2 Å². The molecule has 2 aliphatic heterocycles. The predicted molar refractivity (Wildman–Crippen MR) is 78.1 cm³/mol. The number of amides is 1. The van der Waals surface area contributed by atoms with Crippen molar-refractivity contribution in [1.29, 1.82) is 0 Å². The Hall–Kier alpha value is -2.34. The zero-order valence-electron chi connectivity index (χ0n) is 11.9. The van der Waals surface area contributed by atoms with Gasteiger partial charge in [0.25, 0.3) is 0 Å². The van der Waals surface area contributed by atoms with Crippen molar-refractivity contribution in [3.05, 3.63) is 36.1 Å². The van der Waals surface area contributed by atoms with Crippen LogP contribution in [0.25, 0.3) is 11.0 Å². The van der Waals surface area contributed by atoms with E-state index in [9.17, 15) is 14.7 Å². The fourth-order valence-corrected chi connectivity index (χ4v) is 3.64. The molecule has 2 aromatic rings. The van der Waals surface area contributed by atoms with E-state index in [4.69, 9.17) is 4.42 Å². The molecular formula is C16H16N2O4. The van der Waals surface area contributed by atoms with Crippen molar-refractivity contribution in [2.45, 2.75) is 6.54 Å². The maximum absolute atomic E-state index is 11.9. The second kappa shape index (κ2) is 4.58. The van der Waals surface area contributed by atoms with Crippen molar-refractivity contribution < 1.29 is 19.1 Å². The minimum absolute atomic E-state index is 0.158. The summed E-state index contributed by atoms with van der Waals surface area (Å²) in [4.78, 5) is 25.5. The molecular weight excluding hydrogens is 284 g/mol. The minimum atomic E-state index is -0.997. The van der Waals surface area contributed by atoms with Crippen molar-refractivity contribution >= 4 is 22.8 Å². The third-order valence-corrected chi connectivity index (χ3v) is 4.79. The van der Waals surface area contributed by atoms with E-state index in [2.05, 4.69) is 5.32 Å². The Morgan fingerprint density at radius 2 is 2.27 bits per heavy atom. The Kier molecular flexibility index (Phi) is 2.77. The molecule has 6 nitrogen and oxygen atoms in total. The molecule has 2 aliphatic rings. The molecule has 2 fully saturated rings. The van der Waals surface area contributed by atoms with Crippen molar-refractivity contribution in [2.75, 3.05) is 19.6 Å². The van der Waals surface area contributed by atoms with Crippen LogP contribution < -0.4 is 5.32 Å². The number of nitrogens with zero attached hydrogens (tertiary/aromatic N) is 1. The molecule has 3 heterocycles. The van der Waals surface area contributed by atoms with E-state index >= 15 is 0 Å². The second-order valence-electron chi connectivity index (χ2n) is 6.15. The summed E-state index contributed by atoms with van der Waals surface area (Å²) in [6.07, 6.45) is 0. The lowest BCUT2D eigenvalue weighted by Crippen LogP contribution is -2.40. The molecule has 1 aromatic carbocycles. The Balaban J connectivity index is 1.57. The average molecular weight is 300 g/mol. The lowest BCUT2D eigenvalue weighted by molar-refractivity contribution is -0.149. The fourth-order valence-electron chi connectivity index (χ4n) is 3.64. The summed E-state index contributed by atoms with van der Waals surface area (Å²) in [5.74, 6) is -0.742. The molecule has 0 saturated carbocycles. The van der Waals surface area contributed by atoms with Gasteiger partial charge in [0.15, 0.2) is 0 Å². The van der Waals surface area contributed by atoms with Gasteiger partial charge >= 0.3 is 5.97 Å². The summed E-state index contributed by atoms with van der Waals surface area (Å²) in [5, 5.41) is 13.3. The minimum Gasteiger partial charge on any atom is -0.481 e. The molecule has 0 bridgehead atoms. The first-order valence-corrected chi connectivity index (χ1v) is 7.29. The Bertz CT molecular complexity index is 735. The van der Waals surface area contributed by atoms with Crippen molar-refractivity contribution in [2.24, 2.45) is 11.3 Å². The number of hydrogen-bond donors (Lipinski definition) is 2. The van der Waals surface area contributed by atoms with Gasteiger partial charge in [-0.25, -0.2) is 0 Å². The molecule has 6 heteroatoms.